The molecule has 0 bridgehead atoms. The summed E-state index contributed by atoms with van der Waals surface area (Å²) in [7, 11) is 0. The standard InChI is InChI=1S/C21H23Cl2NO3S/c1-5-27-18(25)16-15(14-8-6-13(7-9-14)12(2)3)10-28-17(16)24-19(26)20(4)11-21(20,22)23/h6-10,12H,5,11H2,1-4H3,(H,24,26)/t20-/m0/s1. The second kappa shape index (κ2) is 7.69. The van der Waals surface area contributed by atoms with Gasteiger partial charge >= 0.3 is 5.97 Å². The van der Waals surface area contributed by atoms with Gasteiger partial charge in [-0.1, -0.05) is 38.1 Å². The van der Waals surface area contributed by atoms with Crippen molar-refractivity contribution in [3.8, 4) is 11.1 Å². The van der Waals surface area contributed by atoms with E-state index in [2.05, 4.69) is 19.2 Å². The summed E-state index contributed by atoms with van der Waals surface area (Å²) in [6, 6.07) is 8.06. The Morgan fingerprint density at radius 2 is 1.86 bits per heavy atom. The van der Waals surface area contributed by atoms with Crippen LogP contribution < -0.4 is 5.32 Å². The largest absolute Gasteiger partial charge is 0.462 e. The van der Waals surface area contributed by atoms with E-state index in [9.17, 15) is 9.59 Å². The van der Waals surface area contributed by atoms with Crippen LogP contribution in [0.25, 0.3) is 11.1 Å². The third-order valence-electron chi connectivity index (χ3n) is 5.14. The number of hydrogen-bond acceptors (Lipinski definition) is 4. The zero-order valence-corrected chi connectivity index (χ0v) is 18.6. The van der Waals surface area contributed by atoms with Crippen LogP contribution in [0.5, 0.6) is 0 Å². The zero-order chi connectivity index (χ0) is 20.7. The number of nitrogens with one attached hydrogen (secondary N) is 1. The van der Waals surface area contributed by atoms with E-state index in [0.29, 0.717) is 22.9 Å². The number of rotatable bonds is 6. The molecule has 1 aliphatic rings. The summed E-state index contributed by atoms with van der Waals surface area (Å²) < 4.78 is 4.16. The molecule has 1 aromatic carbocycles. The van der Waals surface area contributed by atoms with E-state index < -0.39 is 15.7 Å². The van der Waals surface area contributed by atoms with Crippen molar-refractivity contribution in [1.29, 1.82) is 0 Å². The first-order valence-corrected chi connectivity index (χ1v) is 10.8. The summed E-state index contributed by atoms with van der Waals surface area (Å²) in [5.41, 5.74) is 2.33. The molecule has 1 amide bonds. The number of amides is 1. The molecule has 0 saturated heterocycles. The highest BCUT2D eigenvalue weighted by molar-refractivity contribution is 7.15. The van der Waals surface area contributed by atoms with E-state index in [0.717, 1.165) is 11.1 Å². The summed E-state index contributed by atoms with van der Waals surface area (Å²) in [5.74, 6) is -0.348. The fourth-order valence-corrected chi connectivity index (χ4v) is 4.66. The van der Waals surface area contributed by atoms with Crippen molar-refractivity contribution in [1.82, 2.24) is 0 Å². The van der Waals surface area contributed by atoms with Gasteiger partial charge in [0.2, 0.25) is 5.91 Å². The molecule has 1 N–H and O–H groups in total. The molecule has 7 heteroatoms. The fraction of sp³-hybridized carbons (Fsp3) is 0.429. The van der Waals surface area contributed by atoms with E-state index in [1.807, 2.05) is 29.6 Å². The summed E-state index contributed by atoms with van der Waals surface area (Å²) >= 11 is 13.5. The Hall–Kier alpha value is -1.56. The minimum Gasteiger partial charge on any atom is -0.462 e. The van der Waals surface area contributed by atoms with Gasteiger partial charge in [-0.25, -0.2) is 4.79 Å². The van der Waals surface area contributed by atoms with Crippen molar-refractivity contribution >= 4 is 51.4 Å². The number of hydrogen-bond donors (Lipinski definition) is 1. The van der Waals surface area contributed by atoms with Gasteiger partial charge in [0, 0.05) is 10.9 Å². The van der Waals surface area contributed by atoms with Crippen LogP contribution in [0, 0.1) is 5.41 Å². The molecule has 0 aliphatic heterocycles. The molecular weight excluding hydrogens is 417 g/mol. The van der Waals surface area contributed by atoms with E-state index in [4.69, 9.17) is 27.9 Å². The van der Waals surface area contributed by atoms with Crippen LogP contribution in [0.3, 0.4) is 0 Å². The quantitative estimate of drug-likeness (QED) is 0.428. The highest BCUT2D eigenvalue weighted by Gasteiger charge is 2.68. The zero-order valence-electron chi connectivity index (χ0n) is 16.3. The van der Waals surface area contributed by atoms with Crippen molar-refractivity contribution in [2.24, 2.45) is 5.41 Å². The molecule has 4 nitrogen and oxygen atoms in total. The second-order valence-electron chi connectivity index (χ2n) is 7.52. The van der Waals surface area contributed by atoms with Crippen LogP contribution in [0.2, 0.25) is 0 Å². The normalized spacial score (nSPS) is 20.1. The maximum atomic E-state index is 12.7. The maximum absolute atomic E-state index is 12.7. The summed E-state index contributed by atoms with van der Waals surface area (Å²) in [6.45, 7) is 7.97. The van der Waals surface area contributed by atoms with Crippen molar-refractivity contribution in [2.45, 2.75) is 44.4 Å². The van der Waals surface area contributed by atoms with E-state index >= 15 is 0 Å². The minimum absolute atomic E-state index is 0.248. The molecule has 1 heterocycles. The average Bonchev–Trinajstić information content (AvgIpc) is 2.97. The number of alkyl halides is 2. The third kappa shape index (κ3) is 3.80. The number of thiophene rings is 1. The van der Waals surface area contributed by atoms with Gasteiger partial charge in [-0.15, -0.1) is 34.5 Å². The first kappa shape index (κ1) is 21.2. The first-order valence-electron chi connectivity index (χ1n) is 9.19. The highest BCUT2D eigenvalue weighted by Crippen LogP contribution is 2.64. The van der Waals surface area contributed by atoms with Gasteiger partial charge in [0.15, 0.2) is 0 Å². The Balaban J connectivity index is 1.95. The van der Waals surface area contributed by atoms with Crippen LogP contribution in [0.1, 0.15) is 56.0 Å². The molecule has 0 unspecified atom stereocenters. The average molecular weight is 440 g/mol. The van der Waals surface area contributed by atoms with Gasteiger partial charge in [-0.2, -0.15) is 0 Å². The SMILES string of the molecule is CCOC(=O)c1c(-c2ccc(C(C)C)cc2)csc1NC(=O)[C@]1(C)CC1(Cl)Cl. The predicted octanol–water partition coefficient (Wildman–Crippen LogP) is 6.24. The molecule has 1 aliphatic carbocycles. The molecule has 0 spiro atoms. The minimum atomic E-state index is -1.08. The molecular formula is C21H23Cl2NO3S. The van der Waals surface area contributed by atoms with Crippen molar-refractivity contribution in [3.63, 3.8) is 0 Å². The molecule has 3 rings (SSSR count). The number of esters is 1. The van der Waals surface area contributed by atoms with Gasteiger partial charge in [0.25, 0.3) is 0 Å². The van der Waals surface area contributed by atoms with Crippen LogP contribution in [-0.4, -0.2) is 22.8 Å². The van der Waals surface area contributed by atoms with Gasteiger partial charge < -0.3 is 10.1 Å². The van der Waals surface area contributed by atoms with Crippen molar-refractivity contribution in [3.05, 3.63) is 40.8 Å². The molecule has 0 radical (unpaired) electrons. The number of anilines is 1. The Bertz CT molecular complexity index is 905. The van der Waals surface area contributed by atoms with Crippen LogP contribution in [-0.2, 0) is 9.53 Å². The summed E-state index contributed by atoms with van der Waals surface area (Å²) in [6.07, 6.45) is 0.374. The molecule has 1 aromatic heterocycles. The Morgan fingerprint density at radius 1 is 1.25 bits per heavy atom. The van der Waals surface area contributed by atoms with E-state index in [1.54, 1.807) is 13.8 Å². The monoisotopic (exact) mass is 439 g/mol. The van der Waals surface area contributed by atoms with Crippen molar-refractivity contribution in [2.75, 3.05) is 11.9 Å². The Morgan fingerprint density at radius 3 is 2.36 bits per heavy atom. The molecule has 1 fully saturated rings. The predicted molar refractivity (Wildman–Crippen MR) is 116 cm³/mol. The van der Waals surface area contributed by atoms with Crippen LogP contribution in [0.4, 0.5) is 5.00 Å². The number of carbonyl (C=O) groups excluding carboxylic acids is 2. The van der Waals surface area contributed by atoms with E-state index in [-0.39, 0.29) is 12.5 Å². The van der Waals surface area contributed by atoms with Crippen LogP contribution in [0.15, 0.2) is 29.6 Å². The second-order valence-corrected chi connectivity index (χ2v) is 9.88. The number of benzene rings is 1. The number of halogens is 2. The van der Waals surface area contributed by atoms with Gasteiger partial charge in [-0.3, -0.25) is 4.79 Å². The van der Waals surface area contributed by atoms with Gasteiger partial charge in [0.1, 0.15) is 14.9 Å². The number of ether oxygens (including phenoxy) is 1. The molecule has 1 saturated carbocycles. The number of carbonyl (C=O) groups is 2. The fourth-order valence-electron chi connectivity index (χ4n) is 3.00. The molecule has 2 aromatic rings. The summed E-state index contributed by atoms with van der Waals surface area (Å²) in [4.78, 5) is 25.3. The first-order chi connectivity index (χ1) is 13.1. The molecule has 28 heavy (non-hydrogen) atoms. The molecule has 1 atom stereocenters. The smallest absolute Gasteiger partial charge is 0.341 e. The lowest BCUT2D eigenvalue weighted by Crippen LogP contribution is -2.26. The van der Waals surface area contributed by atoms with E-state index in [1.165, 1.54) is 16.9 Å². The lowest BCUT2D eigenvalue weighted by molar-refractivity contribution is -0.120. The van der Waals surface area contributed by atoms with Gasteiger partial charge in [-0.05, 0) is 37.3 Å². The summed E-state index contributed by atoms with van der Waals surface area (Å²) in [5, 5.41) is 5.14. The Labute approximate surface area is 179 Å². The Kier molecular flexibility index (Phi) is 5.81. The van der Waals surface area contributed by atoms with Gasteiger partial charge in [0.05, 0.1) is 12.0 Å². The topological polar surface area (TPSA) is 55.4 Å². The maximum Gasteiger partial charge on any atom is 0.341 e. The lowest BCUT2D eigenvalue weighted by Gasteiger charge is -2.13. The van der Waals surface area contributed by atoms with Crippen LogP contribution >= 0.6 is 34.5 Å². The lowest BCUT2D eigenvalue weighted by atomic mass is 9.98. The third-order valence-corrected chi connectivity index (χ3v) is 7.14. The van der Waals surface area contributed by atoms with Crippen molar-refractivity contribution < 1.29 is 14.3 Å². The highest BCUT2D eigenvalue weighted by atomic mass is 35.5. The molecule has 150 valence electrons.